The zero-order valence-corrected chi connectivity index (χ0v) is 27.3. The van der Waals surface area contributed by atoms with Crippen LogP contribution in [-0.2, 0) is 26.0 Å². The Bertz CT molecular complexity index is 1860. The van der Waals surface area contributed by atoms with E-state index in [0.29, 0.717) is 23.3 Å². The van der Waals surface area contributed by atoms with Crippen LogP contribution in [0.5, 0.6) is 5.75 Å². The molecule has 0 aromatic heterocycles. The number of hydrogen-bond donors (Lipinski definition) is 3. The first kappa shape index (κ1) is 31.4. The van der Waals surface area contributed by atoms with Gasteiger partial charge in [-0.25, -0.2) is 27.7 Å². The quantitative estimate of drug-likeness (QED) is 0.263. The van der Waals surface area contributed by atoms with Gasteiger partial charge in [-0.1, -0.05) is 48.5 Å². The van der Waals surface area contributed by atoms with Crippen LogP contribution in [0.3, 0.4) is 0 Å². The monoisotopic (exact) mass is 646 g/mol. The van der Waals surface area contributed by atoms with Crippen LogP contribution in [0.15, 0.2) is 58.4 Å². The molecule has 0 saturated carbocycles. The molecule has 0 bridgehead atoms. The van der Waals surface area contributed by atoms with Gasteiger partial charge in [-0.2, -0.15) is 0 Å². The Morgan fingerprint density at radius 3 is 2.26 bits per heavy atom. The van der Waals surface area contributed by atoms with Gasteiger partial charge in [0.1, 0.15) is 24.0 Å². The third-order valence-corrected chi connectivity index (χ3v) is 10.9. The second-order valence-electron chi connectivity index (χ2n) is 12.9. The second-order valence-corrected chi connectivity index (χ2v) is 14.5. The standard InChI is InChI=1S/C34H38N4O7S/c1-18-19(2)30(20(3)26-15-34(4,5)45-29(18)26)46(42,43)37-32(35)36-21-14-28(31(39)40)38(16-21)33(41)44-17-27-24-12-8-6-10-22(24)23-11-7-9-13-25(23)27/h6-13,21,27-28H,14-17H2,1-5H3,(H,39,40)(H3,35,36,37). The molecule has 2 unspecified atom stereocenters. The third-order valence-electron chi connectivity index (χ3n) is 9.26. The number of guanidine groups is 1. The highest BCUT2D eigenvalue weighted by molar-refractivity contribution is 7.90. The maximum absolute atomic E-state index is 13.6. The molecule has 2 heterocycles. The number of nitrogens with zero attached hydrogens (tertiary/aromatic N) is 2. The molecule has 4 N–H and O–H groups in total. The number of carbonyl (C=O) groups excluding carboxylic acids is 1. The zero-order chi connectivity index (χ0) is 33.1. The molecule has 2 atom stereocenters. The number of nitrogens with two attached hydrogens (primary N) is 1. The predicted molar refractivity (Wildman–Crippen MR) is 173 cm³/mol. The van der Waals surface area contributed by atoms with Crippen molar-refractivity contribution in [2.45, 2.75) is 76.0 Å². The molecule has 12 heteroatoms. The molecule has 0 radical (unpaired) electrons. The van der Waals surface area contributed by atoms with Crippen LogP contribution in [0.4, 0.5) is 4.79 Å². The zero-order valence-electron chi connectivity index (χ0n) is 26.5. The van der Waals surface area contributed by atoms with Crippen molar-refractivity contribution in [1.82, 2.24) is 9.62 Å². The Morgan fingerprint density at radius 1 is 1.04 bits per heavy atom. The molecular weight excluding hydrogens is 608 g/mol. The normalized spacial score (nSPS) is 20.1. The van der Waals surface area contributed by atoms with Crippen molar-refractivity contribution in [2.75, 3.05) is 13.2 Å². The molecule has 2 aliphatic heterocycles. The van der Waals surface area contributed by atoms with Crippen molar-refractivity contribution in [3.8, 4) is 16.9 Å². The lowest BCUT2D eigenvalue weighted by Gasteiger charge is -2.22. The van der Waals surface area contributed by atoms with E-state index in [0.717, 1.165) is 38.3 Å². The molecule has 1 fully saturated rings. The summed E-state index contributed by atoms with van der Waals surface area (Å²) in [6.45, 7) is 9.14. The SMILES string of the molecule is Cc1c(C)c(S(=O)(=O)NC(N)=NC2CC(C(=O)O)N(C(=O)OCC3c4ccccc4-c4ccccc43)C2)c(C)c2c1OC(C)(C)C2. The van der Waals surface area contributed by atoms with Crippen LogP contribution in [0, 0.1) is 20.8 Å². The summed E-state index contributed by atoms with van der Waals surface area (Å²) in [5.74, 6) is -1.08. The number of carboxylic acids is 1. The molecular formula is C34H38N4O7S. The molecule has 1 aliphatic carbocycles. The van der Waals surface area contributed by atoms with Gasteiger partial charge >= 0.3 is 12.1 Å². The van der Waals surface area contributed by atoms with Gasteiger partial charge in [-0.05, 0) is 73.6 Å². The molecule has 3 aliphatic rings. The molecule has 0 spiro atoms. The number of rotatable bonds is 6. The Balaban J connectivity index is 1.17. The minimum atomic E-state index is -4.15. The van der Waals surface area contributed by atoms with Crippen molar-refractivity contribution >= 4 is 28.0 Å². The lowest BCUT2D eigenvalue weighted by molar-refractivity contribution is -0.141. The molecule has 242 valence electrons. The van der Waals surface area contributed by atoms with Crippen molar-refractivity contribution < 1.29 is 32.6 Å². The summed E-state index contributed by atoms with van der Waals surface area (Å²) in [5.41, 5.74) is 12.6. The fraction of sp³-hybridized carbons (Fsp3) is 0.382. The van der Waals surface area contributed by atoms with Crippen LogP contribution in [-0.4, -0.2) is 67.3 Å². The van der Waals surface area contributed by atoms with E-state index < -0.39 is 45.7 Å². The van der Waals surface area contributed by atoms with Gasteiger partial charge in [0.2, 0.25) is 5.96 Å². The number of benzene rings is 3. The second kappa shape index (κ2) is 11.3. The summed E-state index contributed by atoms with van der Waals surface area (Å²) in [5, 5.41) is 9.91. The van der Waals surface area contributed by atoms with E-state index in [1.54, 1.807) is 13.8 Å². The highest BCUT2D eigenvalue weighted by atomic mass is 32.2. The molecule has 3 aromatic rings. The number of aliphatic imine (C=N–C) groups is 1. The van der Waals surface area contributed by atoms with Crippen LogP contribution in [0.2, 0.25) is 0 Å². The molecule has 3 aromatic carbocycles. The van der Waals surface area contributed by atoms with Gasteiger partial charge in [0.25, 0.3) is 10.0 Å². The number of amides is 1. The first-order chi connectivity index (χ1) is 21.7. The van der Waals surface area contributed by atoms with Gasteiger partial charge in [0, 0.05) is 30.9 Å². The van der Waals surface area contributed by atoms with Crippen LogP contribution >= 0.6 is 0 Å². The number of carbonyl (C=O) groups is 2. The van der Waals surface area contributed by atoms with Crippen LogP contribution in [0.25, 0.3) is 11.1 Å². The third kappa shape index (κ3) is 5.44. The molecule has 11 nitrogen and oxygen atoms in total. The molecule has 46 heavy (non-hydrogen) atoms. The summed E-state index contributed by atoms with van der Waals surface area (Å²) in [6.07, 6.45) is -0.271. The van der Waals surface area contributed by atoms with Crippen molar-refractivity contribution in [3.05, 3.63) is 81.9 Å². The van der Waals surface area contributed by atoms with Crippen LogP contribution < -0.4 is 15.2 Å². The topological polar surface area (TPSA) is 161 Å². The summed E-state index contributed by atoms with van der Waals surface area (Å²) in [4.78, 5) is 30.9. The number of ether oxygens (including phenoxy) is 2. The maximum atomic E-state index is 13.6. The first-order valence-electron chi connectivity index (χ1n) is 15.2. The molecule has 6 rings (SSSR count). The van der Waals surface area contributed by atoms with Crippen molar-refractivity contribution in [2.24, 2.45) is 10.7 Å². The van der Waals surface area contributed by atoms with Crippen molar-refractivity contribution in [3.63, 3.8) is 0 Å². The number of carboxylic acid groups (broad SMARTS) is 1. The number of likely N-dealkylation sites (tertiary alicyclic amines) is 1. The number of hydrogen-bond acceptors (Lipinski definition) is 7. The van der Waals surface area contributed by atoms with E-state index in [2.05, 4.69) is 9.71 Å². The van der Waals surface area contributed by atoms with Crippen molar-refractivity contribution in [1.29, 1.82) is 0 Å². The largest absolute Gasteiger partial charge is 0.487 e. The number of aliphatic carboxylic acids is 1. The summed E-state index contributed by atoms with van der Waals surface area (Å²) in [7, 11) is -4.15. The van der Waals surface area contributed by atoms with E-state index in [-0.39, 0.29) is 30.4 Å². The van der Waals surface area contributed by atoms with E-state index in [1.165, 1.54) is 0 Å². The number of fused-ring (bicyclic) bond motifs is 4. The highest BCUT2D eigenvalue weighted by Crippen LogP contribution is 2.45. The Morgan fingerprint density at radius 2 is 1.65 bits per heavy atom. The van der Waals surface area contributed by atoms with E-state index in [4.69, 9.17) is 15.2 Å². The summed E-state index contributed by atoms with van der Waals surface area (Å²) < 4.78 is 41.4. The predicted octanol–water partition coefficient (Wildman–Crippen LogP) is 4.39. The molecule has 1 amide bonds. The van der Waals surface area contributed by atoms with E-state index >= 15 is 0 Å². The number of sulfonamides is 1. The Hall–Kier alpha value is -4.58. The van der Waals surface area contributed by atoms with E-state index in [1.807, 2.05) is 69.3 Å². The maximum Gasteiger partial charge on any atom is 0.410 e. The number of nitrogens with one attached hydrogen (secondary N) is 1. The molecule has 1 saturated heterocycles. The highest BCUT2D eigenvalue weighted by Gasteiger charge is 2.42. The fourth-order valence-corrected chi connectivity index (χ4v) is 8.59. The fourth-order valence-electron chi connectivity index (χ4n) is 7.08. The van der Waals surface area contributed by atoms with Gasteiger partial charge in [0.15, 0.2) is 0 Å². The smallest absolute Gasteiger partial charge is 0.410 e. The van der Waals surface area contributed by atoms with Gasteiger partial charge < -0.3 is 20.3 Å². The lowest BCUT2D eigenvalue weighted by atomic mass is 9.94. The lowest BCUT2D eigenvalue weighted by Crippen LogP contribution is -2.41. The average Bonchev–Trinajstić information content (AvgIpc) is 3.66. The Kier molecular flexibility index (Phi) is 7.74. The summed E-state index contributed by atoms with van der Waals surface area (Å²) >= 11 is 0. The minimum absolute atomic E-state index is 0.0344. The van der Waals surface area contributed by atoms with Gasteiger partial charge in [-0.3, -0.25) is 4.90 Å². The Labute approximate surface area is 268 Å². The first-order valence-corrected chi connectivity index (χ1v) is 16.7. The minimum Gasteiger partial charge on any atom is -0.487 e. The van der Waals surface area contributed by atoms with Crippen LogP contribution in [0.1, 0.15) is 59.6 Å². The summed E-state index contributed by atoms with van der Waals surface area (Å²) in [6, 6.07) is 13.9. The van der Waals surface area contributed by atoms with E-state index in [9.17, 15) is 23.1 Å². The van der Waals surface area contributed by atoms with Gasteiger partial charge in [0.05, 0.1) is 10.9 Å². The average molecular weight is 647 g/mol. The van der Waals surface area contributed by atoms with Gasteiger partial charge in [-0.15, -0.1) is 0 Å².